The Labute approximate surface area is 62.1 Å². The highest BCUT2D eigenvalue weighted by atomic mass is 16.3. The van der Waals surface area contributed by atoms with Gasteiger partial charge in [-0.2, -0.15) is 0 Å². The number of hydrogen-bond acceptors (Lipinski definition) is 2. The van der Waals surface area contributed by atoms with Gasteiger partial charge in [0.1, 0.15) is 0 Å². The molecule has 4 heteroatoms. The van der Waals surface area contributed by atoms with Gasteiger partial charge in [0.05, 0.1) is 16.5 Å². The topological polar surface area (TPSA) is 51.6 Å². The van der Waals surface area contributed by atoms with E-state index in [2.05, 4.69) is 10.1 Å². The Balaban J connectivity index is 2.94. The molecule has 2 aromatic heterocycles. The predicted octanol–water partition coefficient (Wildman–Crippen LogP) is 0.477. The Hall–Kier alpha value is -1.71. The van der Waals surface area contributed by atoms with Gasteiger partial charge in [-0.3, -0.25) is 4.98 Å². The van der Waals surface area contributed by atoms with Crippen molar-refractivity contribution in [2.45, 2.75) is 0 Å². The summed E-state index contributed by atoms with van der Waals surface area (Å²) in [5, 5.41) is 4.32. The van der Waals surface area contributed by atoms with Crippen molar-refractivity contribution in [2.24, 2.45) is 0 Å². The van der Waals surface area contributed by atoms with Crippen LogP contribution in [0.3, 0.4) is 0 Å². The Kier molecular flexibility index (Phi) is 1.18. The van der Waals surface area contributed by atoms with Gasteiger partial charge < -0.3 is 0 Å². The first-order valence-electron chi connectivity index (χ1n) is 3.21. The van der Waals surface area contributed by atoms with Crippen molar-refractivity contribution in [3.8, 4) is 0 Å². The number of H-pyrrole nitrogens is 1. The van der Waals surface area contributed by atoms with E-state index in [0.717, 1.165) is 10.8 Å². The van der Waals surface area contributed by atoms with Gasteiger partial charge in [-0.1, -0.05) is 0 Å². The van der Waals surface area contributed by atoms with Crippen LogP contribution in [0.1, 0.15) is 0 Å². The van der Waals surface area contributed by atoms with E-state index in [1.54, 1.807) is 18.6 Å². The van der Waals surface area contributed by atoms with Crippen molar-refractivity contribution in [3.05, 3.63) is 35.8 Å². The van der Waals surface area contributed by atoms with Crippen LogP contribution in [0.5, 0.6) is 0 Å². The smallest absolute Gasteiger partial charge is 0.264 e. The first-order chi connectivity index (χ1) is 5.36. The number of pyridine rings is 1. The Morgan fingerprint density at radius 3 is 3.27 bits per heavy atom. The molecule has 11 heavy (non-hydrogen) atoms. The quantitative estimate of drug-likeness (QED) is 0.552. The molecule has 4 nitrogen and oxygen atoms in total. The van der Waals surface area contributed by atoms with E-state index in [1.807, 2.05) is 6.07 Å². The second kappa shape index (κ2) is 2.16. The van der Waals surface area contributed by atoms with Crippen molar-refractivity contribution in [1.29, 1.82) is 0 Å². The lowest BCUT2D eigenvalue weighted by Crippen LogP contribution is -2.16. The third kappa shape index (κ3) is 0.980. The lowest BCUT2D eigenvalue weighted by Gasteiger charge is -1.86. The van der Waals surface area contributed by atoms with Crippen LogP contribution in [0, 0.1) is 4.91 Å². The molecule has 2 aromatic rings. The Morgan fingerprint density at radius 1 is 1.45 bits per heavy atom. The van der Waals surface area contributed by atoms with Gasteiger partial charge >= 0.3 is 0 Å². The van der Waals surface area contributed by atoms with Gasteiger partial charge in [0.2, 0.25) is 0 Å². The van der Waals surface area contributed by atoms with E-state index in [4.69, 9.17) is 0 Å². The Morgan fingerprint density at radius 2 is 2.36 bits per heavy atom. The van der Waals surface area contributed by atoms with E-state index in [-0.39, 0.29) is 0 Å². The molecule has 0 aliphatic carbocycles. The fourth-order valence-corrected chi connectivity index (χ4v) is 0.953. The second-order valence-corrected chi connectivity index (χ2v) is 2.23. The summed E-state index contributed by atoms with van der Waals surface area (Å²) in [7, 11) is 0. The van der Waals surface area contributed by atoms with Crippen molar-refractivity contribution in [3.63, 3.8) is 0 Å². The number of nitrogens with zero attached hydrogens (tertiary/aromatic N) is 2. The first-order valence-corrected chi connectivity index (χ1v) is 3.21. The average molecular weight is 148 g/mol. The summed E-state index contributed by atoms with van der Waals surface area (Å²) in [6.45, 7) is 0. The molecule has 0 aromatic carbocycles. The van der Waals surface area contributed by atoms with Gasteiger partial charge in [0, 0.05) is 17.8 Å². The number of aromatic amines is 1. The summed E-state index contributed by atoms with van der Waals surface area (Å²) < 4.78 is 0.643. The van der Waals surface area contributed by atoms with Gasteiger partial charge in [-0.15, -0.1) is 5.10 Å². The van der Waals surface area contributed by atoms with E-state index in [9.17, 15) is 4.91 Å². The number of hydrogen-bond donors (Lipinski definition) is 1. The fraction of sp³-hybridized carbons (Fsp3) is 0. The molecule has 0 aliphatic rings. The average Bonchev–Trinajstić information content (AvgIpc) is 2.04. The minimum atomic E-state index is 0.643. The highest BCUT2D eigenvalue weighted by molar-refractivity contribution is 5.78. The molecule has 0 spiro atoms. The molecular formula is C7H6N3O+. The molecule has 0 amide bonds. The summed E-state index contributed by atoms with van der Waals surface area (Å²) in [6.07, 6.45) is 6.43. The van der Waals surface area contributed by atoms with Crippen molar-refractivity contribution in [1.82, 2.24) is 10.1 Å². The van der Waals surface area contributed by atoms with E-state index in [0.29, 0.717) is 4.54 Å². The van der Waals surface area contributed by atoms with Gasteiger partial charge in [-0.05, 0) is 6.07 Å². The van der Waals surface area contributed by atoms with E-state index in [1.165, 1.54) is 6.20 Å². The molecule has 0 saturated heterocycles. The third-order valence-electron chi connectivity index (χ3n) is 1.49. The second-order valence-electron chi connectivity index (χ2n) is 2.23. The standard InChI is InChI=1S/C7H6N3O/c11-10-5-7-3-8-2-1-6(7)4-9-10/h1-5H,(H,9,11)/q+1. The maximum atomic E-state index is 10.7. The maximum absolute atomic E-state index is 10.7. The minimum absolute atomic E-state index is 0.643. The monoisotopic (exact) mass is 148 g/mol. The number of aromatic nitrogens is 3. The summed E-state index contributed by atoms with van der Waals surface area (Å²) >= 11 is 0. The normalized spacial score (nSPS) is 10.2. The van der Waals surface area contributed by atoms with Crippen LogP contribution >= 0.6 is 0 Å². The predicted molar refractivity (Wildman–Crippen MR) is 39.5 cm³/mol. The highest BCUT2D eigenvalue weighted by Crippen LogP contribution is 2.05. The van der Waals surface area contributed by atoms with Crippen LogP contribution in [0.25, 0.3) is 10.8 Å². The number of nitrogens with one attached hydrogen (secondary N) is 1. The number of fused-ring (bicyclic) bond motifs is 1. The van der Waals surface area contributed by atoms with Crippen molar-refractivity contribution in [2.75, 3.05) is 0 Å². The fourth-order valence-electron chi connectivity index (χ4n) is 0.953. The molecule has 1 N–H and O–H groups in total. The van der Waals surface area contributed by atoms with Gasteiger partial charge in [0.15, 0.2) is 4.54 Å². The van der Waals surface area contributed by atoms with Crippen LogP contribution in [0.4, 0.5) is 0 Å². The largest absolute Gasteiger partial charge is 0.266 e. The van der Waals surface area contributed by atoms with Gasteiger partial charge in [-0.25, -0.2) is 0 Å². The molecule has 0 aliphatic heterocycles. The Bertz CT molecular complexity index is 435. The van der Waals surface area contributed by atoms with Crippen LogP contribution in [0.15, 0.2) is 30.9 Å². The summed E-state index contributed by atoms with van der Waals surface area (Å²) in [4.78, 5) is 14.6. The molecule has 0 unspecified atom stereocenters. The zero-order chi connectivity index (χ0) is 7.68. The van der Waals surface area contributed by atoms with Crippen LogP contribution in [-0.4, -0.2) is 10.1 Å². The molecule has 0 saturated carbocycles. The zero-order valence-electron chi connectivity index (χ0n) is 5.69. The van der Waals surface area contributed by atoms with Crippen molar-refractivity contribution < 1.29 is 4.54 Å². The highest BCUT2D eigenvalue weighted by Gasteiger charge is 1.96. The van der Waals surface area contributed by atoms with E-state index < -0.39 is 0 Å². The molecule has 0 bridgehead atoms. The van der Waals surface area contributed by atoms with Gasteiger partial charge in [0.25, 0.3) is 6.20 Å². The summed E-state index contributed by atoms with van der Waals surface area (Å²) in [6, 6.07) is 1.84. The zero-order valence-corrected chi connectivity index (χ0v) is 5.69. The van der Waals surface area contributed by atoms with Crippen LogP contribution in [-0.2, 0) is 0 Å². The van der Waals surface area contributed by atoms with E-state index >= 15 is 0 Å². The maximum Gasteiger partial charge on any atom is 0.266 e. The molecule has 0 atom stereocenters. The van der Waals surface area contributed by atoms with Crippen LogP contribution in [0.2, 0.25) is 0 Å². The summed E-state index contributed by atoms with van der Waals surface area (Å²) in [5.74, 6) is 0. The lowest BCUT2D eigenvalue weighted by atomic mass is 10.3. The molecule has 2 rings (SSSR count). The summed E-state index contributed by atoms with van der Waals surface area (Å²) in [5.41, 5.74) is 0. The molecule has 2 heterocycles. The van der Waals surface area contributed by atoms with Crippen LogP contribution < -0.4 is 4.54 Å². The lowest BCUT2D eigenvalue weighted by molar-refractivity contribution is -0.562. The molecule has 0 fully saturated rings. The molecule has 0 radical (unpaired) electrons. The third-order valence-corrected chi connectivity index (χ3v) is 1.49. The minimum Gasteiger partial charge on any atom is -0.264 e. The van der Waals surface area contributed by atoms with Crippen molar-refractivity contribution >= 4 is 10.8 Å². The molecular weight excluding hydrogens is 142 g/mol. The molecule has 54 valence electrons. The first kappa shape index (κ1) is 6.03. The SMILES string of the molecule is O=[n+]1cc2cnccc2c[nH]1. The number of rotatable bonds is 0.